The quantitative estimate of drug-likeness (QED) is 0.352. The van der Waals surface area contributed by atoms with Crippen molar-refractivity contribution in [1.29, 1.82) is 0 Å². The van der Waals surface area contributed by atoms with Gasteiger partial charge in [0.05, 0.1) is 11.6 Å². The summed E-state index contributed by atoms with van der Waals surface area (Å²) in [5.74, 6) is -2.42. The summed E-state index contributed by atoms with van der Waals surface area (Å²) in [5.41, 5.74) is 3.56. The Labute approximate surface area is 245 Å². The fraction of sp³-hybridized carbons (Fsp3) is 0.300. The van der Waals surface area contributed by atoms with Crippen molar-refractivity contribution in [3.8, 4) is 11.1 Å². The zero-order valence-electron chi connectivity index (χ0n) is 23.8. The van der Waals surface area contributed by atoms with Gasteiger partial charge in [0.1, 0.15) is 5.65 Å². The Kier molecular flexibility index (Phi) is 9.14. The van der Waals surface area contributed by atoms with E-state index in [4.69, 9.17) is 9.90 Å². The molecular formula is C30H31F3N6O4. The number of anilines is 1. The number of alkyl halides is 3. The second kappa shape index (κ2) is 12.6. The number of carbonyl (C=O) groups is 3. The van der Waals surface area contributed by atoms with E-state index in [0.29, 0.717) is 11.4 Å². The molecule has 0 unspecified atom stereocenters. The molecule has 0 radical (unpaired) electrons. The van der Waals surface area contributed by atoms with Gasteiger partial charge in [-0.15, -0.1) is 0 Å². The molecule has 5 rings (SSSR count). The molecule has 13 heteroatoms. The summed E-state index contributed by atoms with van der Waals surface area (Å²) in [4.78, 5) is 47.7. The largest absolute Gasteiger partial charge is 0.490 e. The molecule has 2 N–H and O–H groups in total. The third-order valence-electron chi connectivity index (χ3n) is 7.14. The van der Waals surface area contributed by atoms with Crippen LogP contribution in [0.15, 0.2) is 73.3 Å². The van der Waals surface area contributed by atoms with Gasteiger partial charge in [-0.25, -0.2) is 9.78 Å². The standard InChI is InChI=1S/C28H30N6O2.C2HF3O2/c1-28(2,27(36)33-16-14-32(3)15-17-33)23-7-4-21(5-8-23)26(35)31-24-19-34-18-22(6-9-25(34)30-24)20-10-12-29-13-11-20;3-2(4,5)1(6)7/h4-13,18-19H,14-17H2,1-3H3,(H,31,35);(H,6,7). The van der Waals surface area contributed by atoms with Crippen molar-refractivity contribution >= 4 is 29.2 Å². The first-order chi connectivity index (χ1) is 20.3. The van der Waals surface area contributed by atoms with E-state index in [2.05, 4.69) is 27.2 Å². The zero-order chi connectivity index (χ0) is 31.4. The van der Waals surface area contributed by atoms with Gasteiger partial charge in [-0.3, -0.25) is 14.6 Å². The highest BCUT2D eigenvalue weighted by atomic mass is 19.4. The lowest BCUT2D eigenvalue weighted by atomic mass is 9.82. The maximum atomic E-state index is 13.2. The normalized spacial score (nSPS) is 14.1. The fourth-order valence-corrected chi connectivity index (χ4v) is 4.52. The van der Waals surface area contributed by atoms with Crippen LogP contribution in [0.2, 0.25) is 0 Å². The van der Waals surface area contributed by atoms with Crippen LogP contribution in [0.3, 0.4) is 0 Å². The van der Waals surface area contributed by atoms with Crippen molar-refractivity contribution in [1.82, 2.24) is 24.2 Å². The molecule has 4 heterocycles. The van der Waals surface area contributed by atoms with Crippen LogP contribution >= 0.6 is 0 Å². The molecule has 1 fully saturated rings. The number of rotatable bonds is 5. The van der Waals surface area contributed by atoms with E-state index < -0.39 is 17.6 Å². The SMILES string of the molecule is CN1CCN(C(=O)C(C)(C)c2ccc(C(=O)Nc3cn4cc(-c5ccncc5)ccc4n3)cc2)CC1.O=C(O)C(F)(F)F. The van der Waals surface area contributed by atoms with Crippen LogP contribution in [0.4, 0.5) is 19.0 Å². The Bertz CT molecular complexity index is 1600. The summed E-state index contributed by atoms with van der Waals surface area (Å²) in [7, 11) is 2.07. The zero-order valence-corrected chi connectivity index (χ0v) is 23.8. The number of hydrogen-bond acceptors (Lipinski definition) is 6. The van der Waals surface area contributed by atoms with Crippen LogP contribution in [0.5, 0.6) is 0 Å². The average Bonchev–Trinajstić information content (AvgIpc) is 3.39. The van der Waals surface area contributed by atoms with Crippen molar-refractivity contribution in [2.75, 3.05) is 38.5 Å². The average molecular weight is 597 g/mol. The van der Waals surface area contributed by atoms with Crippen molar-refractivity contribution in [3.63, 3.8) is 0 Å². The van der Waals surface area contributed by atoms with Gasteiger partial charge in [-0.05, 0) is 74.0 Å². The molecule has 1 aliphatic rings. The molecule has 0 bridgehead atoms. The summed E-state index contributed by atoms with van der Waals surface area (Å²) in [5, 5.41) is 10.0. The van der Waals surface area contributed by atoms with Crippen LogP contribution < -0.4 is 5.32 Å². The molecule has 1 saturated heterocycles. The van der Waals surface area contributed by atoms with Gasteiger partial charge in [-0.2, -0.15) is 13.2 Å². The van der Waals surface area contributed by atoms with E-state index in [1.165, 1.54) is 0 Å². The number of amides is 2. The lowest BCUT2D eigenvalue weighted by Crippen LogP contribution is -2.52. The number of carbonyl (C=O) groups excluding carboxylic acids is 2. The van der Waals surface area contributed by atoms with Crippen molar-refractivity contribution < 1.29 is 32.7 Å². The van der Waals surface area contributed by atoms with Gasteiger partial charge in [0.2, 0.25) is 5.91 Å². The second-order valence-electron chi connectivity index (χ2n) is 10.6. The molecule has 0 saturated carbocycles. The summed E-state index contributed by atoms with van der Waals surface area (Å²) >= 11 is 0. The minimum absolute atomic E-state index is 0.114. The van der Waals surface area contributed by atoms with E-state index in [9.17, 15) is 22.8 Å². The Balaban J connectivity index is 0.000000541. The molecule has 10 nitrogen and oxygen atoms in total. The van der Waals surface area contributed by atoms with Gasteiger partial charge in [0.15, 0.2) is 5.82 Å². The first-order valence-corrected chi connectivity index (χ1v) is 13.3. The minimum atomic E-state index is -5.08. The maximum absolute atomic E-state index is 13.2. The predicted molar refractivity (Wildman–Crippen MR) is 154 cm³/mol. The third kappa shape index (κ3) is 7.55. The van der Waals surface area contributed by atoms with Gasteiger partial charge in [-0.1, -0.05) is 12.1 Å². The van der Waals surface area contributed by atoms with Gasteiger partial charge in [0, 0.05) is 50.3 Å². The van der Waals surface area contributed by atoms with Crippen LogP contribution in [0, 0.1) is 0 Å². The van der Waals surface area contributed by atoms with Gasteiger partial charge < -0.3 is 24.6 Å². The van der Waals surface area contributed by atoms with E-state index in [1.54, 1.807) is 30.7 Å². The number of halogens is 3. The number of nitrogens with zero attached hydrogens (tertiary/aromatic N) is 5. The number of nitrogens with one attached hydrogen (secondary N) is 1. The topological polar surface area (TPSA) is 120 Å². The summed E-state index contributed by atoms with van der Waals surface area (Å²) in [6, 6.07) is 15.1. The summed E-state index contributed by atoms with van der Waals surface area (Å²) in [6.07, 6.45) is 2.20. The summed E-state index contributed by atoms with van der Waals surface area (Å²) < 4.78 is 33.6. The second-order valence-corrected chi connectivity index (χ2v) is 10.6. The lowest BCUT2D eigenvalue weighted by molar-refractivity contribution is -0.192. The molecule has 1 aliphatic heterocycles. The Hall–Kier alpha value is -4.78. The van der Waals surface area contributed by atoms with Crippen LogP contribution in [0.25, 0.3) is 16.8 Å². The molecule has 0 aliphatic carbocycles. The number of benzene rings is 1. The molecule has 4 aromatic rings. The monoisotopic (exact) mass is 596 g/mol. The first-order valence-electron chi connectivity index (χ1n) is 13.3. The fourth-order valence-electron chi connectivity index (χ4n) is 4.52. The van der Waals surface area contributed by atoms with E-state index in [-0.39, 0.29) is 11.8 Å². The number of aromatic nitrogens is 3. The molecule has 3 aromatic heterocycles. The molecule has 43 heavy (non-hydrogen) atoms. The Morgan fingerprint density at radius 2 is 1.47 bits per heavy atom. The number of likely N-dealkylation sites (N-methyl/N-ethyl adjacent to an activating group) is 1. The predicted octanol–water partition coefficient (Wildman–Crippen LogP) is 4.33. The Morgan fingerprint density at radius 1 is 0.860 bits per heavy atom. The van der Waals surface area contributed by atoms with Crippen LogP contribution in [-0.4, -0.2) is 86.5 Å². The Morgan fingerprint density at radius 3 is 2.05 bits per heavy atom. The number of piperazine rings is 1. The molecular weight excluding hydrogens is 565 g/mol. The maximum Gasteiger partial charge on any atom is 0.490 e. The molecule has 0 spiro atoms. The highest BCUT2D eigenvalue weighted by Gasteiger charge is 2.38. The number of carboxylic acids is 1. The smallest absolute Gasteiger partial charge is 0.475 e. The third-order valence-corrected chi connectivity index (χ3v) is 7.14. The number of pyridine rings is 2. The molecule has 226 valence electrons. The van der Waals surface area contributed by atoms with Gasteiger partial charge >= 0.3 is 12.1 Å². The van der Waals surface area contributed by atoms with E-state index in [1.807, 2.05) is 65.7 Å². The van der Waals surface area contributed by atoms with E-state index in [0.717, 1.165) is 48.5 Å². The molecule has 1 aromatic carbocycles. The van der Waals surface area contributed by atoms with E-state index >= 15 is 0 Å². The molecule has 0 atom stereocenters. The number of hydrogen-bond donors (Lipinski definition) is 2. The van der Waals surface area contributed by atoms with Gasteiger partial charge in [0.25, 0.3) is 5.91 Å². The van der Waals surface area contributed by atoms with Crippen molar-refractivity contribution in [2.45, 2.75) is 25.4 Å². The van der Waals surface area contributed by atoms with Crippen molar-refractivity contribution in [3.05, 3.63) is 84.4 Å². The number of aliphatic carboxylic acids is 1. The molecule has 2 amide bonds. The van der Waals surface area contributed by atoms with Crippen LogP contribution in [0.1, 0.15) is 29.8 Å². The number of fused-ring (bicyclic) bond motifs is 1. The van der Waals surface area contributed by atoms with Crippen molar-refractivity contribution in [2.24, 2.45) is 0 Å². The highest BCUT2D eigenvalue weighted by Crippen LogP contribution is 2.27. The lowest BCUT2D eigenvalue weighted by Gasteiger charge is -2.37. The summed E-state index contributed by atoms with van der Waals surface area (Å²) in [6.45, 7) is 7.13. The number of imidazole rings is 1. The van der Waals surface area contributed by atoms with Crippen LogP contribution in [-0.2, 0) is 15.0 Å². The number of carboxylic acid groups (broad SMARTS) is 1. The highest BCUT2D eigenvalue weighted by molar-refractivity contribution is 6.04. The first kappa shape index (κ1) is 31.2. The minimum Gasteiger partial charge on any atom is -0.475 e.